The van der Waals surface area contributed by atoms with Gasteiger partial charge < -0.3 is 10.3 Å². The normalized spacial score (nSPS) is 19.2. The van der Waals surface area contributed by atoms with Crippen LogP contribution in [0.2, 0.25) is 0 Å². The Balaban J connectivity index is 1.19. The first-order valence-corrected chi connectivity index (χ1v) is 14.2. The molecule has 0 spiro atoms. The fourth-order valence-corrected chi connectivity index (χ4v) is 5.93. The third-order valence-electron chi connectivity index (χ3n) is 7.19. The lowest BCUT2D eigenvalue weighted by Gasteiger charge is -2.27. The van der Waals surface area contributed by atoms with Crippen LogP contribution in [0.3, 0.4) is 0 Å². The maximum Gasteiger partial charge on any atom is 0.282 e. The molecule has 1 heterocycles. The molecule has 6 nitrogen and oxygen atoms in total. The SMILES string of the molecule is C[C@@H](NC(=O)C1CCC(/C=N/S(=O)(=O)c2ccc3[nH]c(-c4ccccc4)cc3c2)CC1)c1ccccc1. The summed E-state index contributed by atoms with van der Waals surface area (Å²) in [4.78, 5) is 16.3. The van der Waals surface area contributed by atoms with Gasteiger partial charge in [-0.05, 0) is 73.9 Å². The van der Waals surface area contributed by atoms with E-state index in [1.807, 2.05) is 73.7 Å². The molecule has 0 unspecified atom stereocenters. The molecule has 2 N–H and O–H groups in total. The standard InChI is InChI=1S/C30H31N3O3S/c1-21(23-8-4-2-5-9-23)32-30(34)25-14-12-22(13-15-25)20-31-37(35,36)27-16-17-28-26(18-27)19-29(33-28)24-10-6-3-7-11-24/h2-11,16-22,25,33H,12-15H2,1H3,(H,32,34)/b31-20+/t21-,22?,25?/m1/s1. The highest BCUT2D eigenvalue weighted by Gasteiger charge is 2.27. The van der Waals surface area contributed by atoms with E-state index in [1.165, 1.54) is 0 Å². The van der Waals surface area contributed by atoms with Crippen LogP contribution in [-0.4, -0.2) is 25.5 Å². The minimum absolute atomic E-state index is 0.0423. The smallest absolute Gasteiger partial charge is 0.282 e. The van der Waals surface area contributed by atoms with E-state index in [-0.39, 0.29) is 28.7 Å². The molecule has 37 heavy (non-hydrogen) atoms. The summed E-state index contributed by atoms with van der Waals surface area (Å²) in [6.07, 6.45) is 4.50. The summed E-state index contributed by atoms with van der Waals surface area (Å²) >= 11 is 0. The molecule has 0 saturated heterocycles. The number of carbonyl (C=O) groups excluding carboxylic acids is 1. The van der Waals surface area contributed by atoms with Crippen LogP contribution in [0.5, 0.6) is 0 Å². The molecule has 4 aromatic rings. The van der Waals surface area contributed by atoms with Gasteiger partial charge in [-0.15, -0.1) is 0 Å². The number of amides is 1. The summed E-state index contributed by atoms with van der Waals surface area (Å²) in [5.41, 5.74) is 3.93. The number of aromatic amines is 1. The number of sulfonamides is 1. The highest BCUT2D eigenvalue weighted by atomic mass is 32.2. The predicted octanol–water partition coefficient (Wildman–Crippen LogP) is 6.28. The van der Waals surface area contributed by atoms with Crippen molar-refractivity contribution in [3.8, 4) is 11.3 Å². The highest BCUT2D eigenvalue weighted by Crippen LogP contribution is 2.30. The van der Waals surface area contributed by atoms with E-state index in [4.69, 9.17) is 0 Å². The third-order valence-corrected chi connectivity index (χ3v) is 8.44. The van der Waals surface area contributed by atoms with Crippen molar-refractivity contribution in [3.63, 3.8) is 0 Å². The topological polar surface area (TPSA) is 91.4 Å². The number of hydrogen-bond donors (Lipinski definition) is 2. The first kappa shape index (κ1) is 25.0. The zero-order chi connectivity index (χ0) is 25.8. The average Bonchev–Trinajstić information content (AvgIpc) is 3.37. The van der Waals surface area contributed by atoms with Crippen molar-refractivity contribution >= 4 is 33.0 Å². The number of fused-ring (bicyclic) bond motifs is 1. The molecule has 190 valence electrons. The summed E-state index contributed by atoms with van der Waals surface area (Å²) in [5, 5.41) is 3.94. The van der Waals surface area contributed by atoms with E-state index in [9.17, 15) is 13.2 Å². The van der Waals surface area contributed by atoms with Gasteiger partial charge in [0.25, 0.3) is 10.0 Å². The van der Waals surface area contributed by atoms with E-state index in [1.54, 1.807) is 24.4 Å². The monoisotopic (exact) mass is 513 g/mol. The molecule has 7 heteroatoms. The fourth-order valence-electron chi connectivity index (χ4n) is 4.96. The zero-order valence-corrected chi connectivity index (χ0v) is 21.6. The maximum absolute atomic E-state index is 13.0. The first-order chi connectivity index (χ1) is 17.9. The van der Waals surface area contributed by atoms with Crippen LogP contribution < -0.4 is 5.32 Å². The Morgan fingerprint density at radius 3 is 2.32 bits per heavy atom. The molecule has 1 amide bonds. The quantitative estimate of drug-likeness (QED) is 0.285. The number of aromatic nitrogens is 1. The number of nitrogens with zero attached hydrogens (tertiary/aromatic N) is 1. The van der Waals surface area contributed by atoms with Crippen LogP contribution in [0.1, 0.15) is 44.2 Å². The summed E-state index contributed by atoms with van der Waals surface area (Å²) < 4.78 is 29.9. The van der Waals surface area contributed by atoms with Gasteiger partial charge in [0, 0.05) is 28.7 Å². The van der Waals surface area contributed by atoms with Crippen molar-refractivity contribution in [1.29, 1.82) is 0 Å². The average molecular weight is 514 g/mol. The lowest BCUT2D eigenvalue weighted by atomic mass is 9.82. The lowest BCUT2D eigenvalue weighted by molar-refractivity contribution is -0.126. The third kappa shape index (κ3) is 5.83. The Hall–Kier alpha value is -3.71. The van der Waals surface area contributed by atoms with E-state index in [0.717, 1.165) is 53.4 Å². The van der Waals surface area contributed by atoms with Crippen molar-refractivity contribution in [2.75, 3.05) is 0 Å². The van der Waals surface area contributed by atoms with Crippen molar-refractivity contribution in [2.45, 2.75) is 43.5 Å². The molecule has 0 radical (unpaired) electrons. The lowest BCUT2D eigenvalue weighted by Crippen LogP contribution is -2.35. The number of H-pyrrole nitrogens is 1. The Bertz CT molecular complexity index is 1500. The zero-order valence-electron chi connectivity index (χ0n) is 20.8. The van der Waals surface area contributed by atoms with Gasteiger partial charge in [-0.3, -0.25) is 4.79 Å². The molecular weight excluding hydrogens is 482 g/mol. The van der Waals surface area contributed by atoms with E-state index >= 15 is 0 Å². The first-order valence-electron chi connectivity index (χ1n) is 12.7. The molecule has 1 aliphatic carbocycles. The molecular formula is C30H31N3O3S. The molecule has 5 rings (SSSR count). The molecule has 3 aromatic carbocycles. The second-order valence-electron chi connectivity index (χ2n) is 9.78. The van der Waals surface area contributed by atoms with Gasteiger partial charge in [0.1, 0.15) is 0 Å². The van der Waals surface area contributed by atoms with Gasteiger partial charge >= 0.3 is 0 Å². The summed E-state index contributed by atoms with van der Waals surface area (Å²) in [6, 6.07) is 26.8. The van der Waals surface area contributed by atoms with Crippen LogP contribution in [0.4, 0.5) is 0 Å². The molecule has 0 bridgehead atoms. The molecule has 1 atom stereocenters. The van der Waals surface area contributed by atoms with E-state index in [0.29, 0.717) is 0 Å². The van der Waals surface area contributed by atoms with Crippen molar-refractivity contribution in [2.24, 2.45) is 16.2 Å². The Kier molecular flexibility index (Phi) is 7.24. The minimum Gasteiger partial charge on any atom is -0.355 e. The van der Waals surface area contributed by atoms with Crippen molar-refractivity contribution in [3.05, 3.63) is 90.5 Å². The van der Waals surface area contributed by atoms with Crippen LogP contribution in [0.25, 0.3) is 22.2 Å². The number of rotatable bonds is 7. The predicted molar refractivity (Wildman–Crippen MR) is 148 cm³/mol. The maximum atomic E-state index is 13.0. The fraction of sp³-hybridized carbons (Fsp3) is 0.267. The Labute approximate surface area is 217 Å². The summed E-state index contributed by atoms with van der Waals surface area (Å²) in [5.74, 6) is 0.0577. The van der Waals surface area contributed by atoms with Crippen LogP contribution in [-0.2, 0) is 14.8 Å². The molecule has 0 aliphatic heterocycles. The van der Waals surface area contributed by atoms with Gasteiger partial charge in [-0.25, -0.2) is 0 Å². The van der Waals surface area contributed by atoms with Gasteiger partial charge in [0.15, 0.2) is 0 Å². The van der Waals surface area contributed by atoms with Gasteiger partial charge in [0.05, 0.1) is 10.9 Å². The highest BCUT2D eigenvalue weighted by molar-refractivity contribution is 7.90. The number of carbonyl (C=O) groups is 1. The molecule has 1 aromatic heterocycles. The number of hydrogen-bond acceptors (Lipinski definition) is 3. The van der Waals surface area contributed by atoms with E-state index in [2.05, 4.69) is 14.7 Å². The molecule has 1 aliphatic rings. The van der Waals surface area contributed by atoms with Crippen LogP contribution >= 0.6 is 0 Å². The van der Waals surface area contributed by atoms with Gasteiger partial charge in [0.2, 0.25) is 5.91 Å². The number of benzene rings is 3. The van der Waals surface area contributed by atoms with E-state index < -0.39 is 10.0 Å². The van der Waals surface area contributed by atoms with Crippen molar-refractivity contribution in [1.82, 2.24) is 10.3 Å². The van der Waals surface area contributed by atoms with Crippen LogP contribution in [0.15, 0.2) is 94.2 Å². The second kappa shape index (κ2) is 10.7. The largest absolute Gasteiger partial charge is 0.355 e. The van der Waals surface area contributed by atoms with Crippen LogP contribution in [0, 0.1) is 11.8 Å². The van der Waals surface area contributed by atoms with Gasteiger partial charge in [-0.2, -0.15) is 12.8 Å². The summed E-state index contributed by atoms with van der Waals surface area (Å²) in [7, 11) is -3.81. The molecule has 1 fully saturated rings. The Morgan fingerprint density at radius 1 is 0.946 bits per heavy atom. The molecule has 1 saturated carbocycles. The minimum atomic E-state index is -3.81. The number of nitrogens with one attached hydrogen (secondary N) is 2. The summed E-state index contributed by atoms with van der Waals surface area (Å²) in [6.45, 7) is 1.99. The Morgan fingerprint density at radius 2 is 1.62 bits per heavy atom. The second-order valence-corrected chi connectivity index (χ2v) is 11.4. The van der Waals surface area contributed by atoms with Gasteiger partial charge in [-0.1, -0.05) is 60.7 Å². The van der Waals surface area contributed by atoms with Crippen molar-refractivity contribution < 1.29 is 13.2 Å².